The molecule has 0 aliphatic rings. The lowest BCUT2D eigenvalue weighted by atomic mass is 10.2. The molecule has 0 radical (unpaired) electrons. The van der Waals surface area contributed by atoms with Gasteiger partial charge in [-0.3, -0.25) is 0 Å². The maximum atomic E-state index is 9.77. The van der Waals surface area contributed by atoms with Gasteiger partial charge in [0.05, 0.1) is 0 Å². The van der Waals surface area contributed by atoms with E-state index in [-0.39, 0.29) is 6.61 Å². The number of aliphatic hydroxyl groups is 1. The van der Waals surface area contributed by atoms with Gasteiger partial charge in [-0.15, -0.1) is 0 Å². The number of rotatable bonds is 9. The van der Waals surface area contributed by atoms with Crippen LogP contribution < -0.4 is 10.1 Å². The normalized spacial score (nSPS) is 14.1. The Bertz CT molecular complexity index is 362. The van der Waals surface area contributed by atoms with Gasteiger partial charge in [-0.2, -0.15) is 0 Å². The molecule has 2 atom stereocenters. The van der Waals surface area contributed by atoms with E-state index in [0.29, 0.717) is 29.8 Å². The van der Waals surface area contributed by atoms with E-state index in [0.717, 1.165) is 6.54 Å². The Morgan fingerprint density at radius 1 is 1.32 bits per heavy atom. The van der Waals surface area contributed by atoms with Gasteiger partial charge in [0.25, 0.3) is 0 Å². The molecule has 2 N–H and O–H groups in total. The van der Waals surface area contributed by atoms with Crippen molar-refractivity contribution < 1.29 is 14.6 Å². The molecule has 108 valence electrons. The van der Waals surface area contributed by atoms with Crippen molar-refractivity contribution in [1.29, 1.82) is 0 Å². The monoisotopic (exact) mass is 287 g/mol. The van der Waals surface area contributed by atoms with Gasteiger partial charge in [0.15, 0.2) is 0 Å². The third-order valence-electron chi connectivity index (χ3n) is 2.56. The second-order valence-corrected chi connectivity index (χ2v) is 5.08. The first-order valence-corrected chi connectivity index (χ1v) is 6.75. The fraction of sp³-hybridized carbons (Fsp3) is 0.571. The highest BCUT2D eigenvalue weighted by atomic mass is 35.5. The first kappa shape index (κ1) is 16.2. The van der Waals surface area contributed by atoms with Crippen molar-refractivity contribution in [2.24, 2.45) is 5.92 Å². The Balaban J connectivity index is 2.16. The number of halogens is 1. The lowest BCUT2D eigenvalue weighted by Gasteiger charge is -2.15. The first-order chi connectivity index (χ1) is 9.11. The molecule has 0 aliphatic carbocycles. The van der Waals surface area contributed by atoms with Gasteiger partial charge in [-0.05, 0) is 30.7 Å². The summed E-state index contributed by atoms with van der Waals surface area (Å²) in [4.78, 5) is 0. The molecule has 4 nitrogen and oxygen atoms in total. The van der Waals surface area contributed by atoms with E-state index in [2.05, 4.69) is 12.2 Å². The molecule has 2 unspecified atom stereocenters. The predicted octanol–water partition coefficient (Wildman–Crippen LogP) is 1.95. The highest BCUT2D eigenvalue weighted by Gasteiger charge is 2.07. The van der Waals surface area contributed by atoms with Crippen molar-refractivity contribution in [3.8, 4) is 5.75 Å². The molecular weight excluding hydrogens is 266 g/mol. The zero-order valence-corrected chi connectivity index (χ0v) is 12.2. The number of hydrogen-bond acceptors (Lipinski definition) is 4. The Morgan fingerprint density at radius 2 is 2.11 bits per heavy atom. The Labute approximate surface area is 119 Å². The number of hydrogen-bond donors (Lipinski definition) is 2. The molecule has 1 rings (SSSR count). The maximum absolute atomic E-state index is 9.77. The highest BCUT2D eigenvalue weighted by molar-refractivity contribution is 6.30. The minimum Gasteiger partial charge on any atom is -0.491 e. The topological polar surface area (TPSA) is 50.7 Å². The molecule has 19 heavy (non-hydrogen) atoms. The summed E-state index contributed by atoms with van der Waals surface area (Å²) in [5.41, 5.74) is 0. The van der Waals surface area contributed by atoms with Gasteiger partial charge in [0.2, 0.25) is 0 Å². The highest BCUT2D eigenvalue weighted by Crippen LogP contribution is 2.17. The standard InChI is InChI=1S/C14H22ClNO3/c1-11(9-18-2)7-16-8-13(17)10-19-14-5-3-4-12(15)6-14/h3-6,11,13,16-17H,7-10H2,1-2H3. The van der Waals surface area contributed by atoms with E-state index in [1.165, 1.54) is 0 Å². The molecule has 1 aromatic carbocycles. The maximum Gasteiger partial charge on any atom is 0.120 e. The molecule has 0 amide bonds. The van der Waals surface area contributed by atoms with Crippen LogP contribution in [0.1, 0.15) is 6.92 Å². The molecule has 0 aromatic heterocycles. The zero-order valence-electron chi connectivity index (χ0n) is 11.4. The van der Waals surface area contributed by atoms with Crippen molar-refractivity contribution in [3.63, 3.8) is 0 Å². The van der Waals surface area contributed by atoms with Gasteiger partial charge < -0.3 is 19.9 Å². The van der Waals surface area contributed by atoms with E-state index >= 15 is 0 Å². The second-order valence-electron chi connectivity index (χ2n) is 4.64. The largest absolute Gasteiger partial charge is 0.491 e. The van der Waals surface area contributed by atoms with E-state index in [9.17, 15) is 5.11 Å². The quantitative estimate of drug-likeness (QED) is 0.729. The summed E-state index contributed by atoms with van der Waals surface area (Å²) in [5.74, 6) is 1.09. The second kappa shape index (κ2) is 9.15. The van der Waals surface area contributed by atoms with Crippen LogP contribution in [0.2, 0.25) is 5.02 Å². The minimum absolute atomic E-state index is 0.242. The van der Waals surface area contributed by atoms with Crippen molar-refractivity contribution in [2.45, 2.75) is 13.0 Å². The Hall–Kier alpha value is -0.810. The third-order valence-corrected chi connectivity index (χ3v) is 2.80. The van der Waals surface area contributed by atoms with Crippen molar-refractivity contribution in [2.75, 3.05) is 33.4 Å². The van der Waals surface area contributed by atoms with E-state index in [1.807, 2.05) is 12.1 Å². The zero-order chi connectivity index (χ0) is 14.1. The lowest BCUT2D eigenvalue weighted by Crippen LogP contribution is -2.34. The Morgan fingerprint density at radius 3 is 2.79 bits per heavy atom. The Kier molecular flexibility index (Phi) is 7.82. The van der Waals surface area contributed by atoms with Crippen molar-refractivity contribution >= 4 is 11.6 Å². The van der Waals surface area contributed by atoms with Crippen molar-refractivity contribution in [3.05, 3.63) is 29.3 Å². The van der Waals surface area contributed by atoms with Gasteiger partial charge >= 0.3 is 0 Å². The summed E-state index contributed by atoms with van der Waals surface area (Å²) in [6, 6.07) is 7.13. The van der Waals surface area contributed by atoms with Crippen molar-refractivity contribution in [1.82, 2.24) is 5.32 Å². The molecular formula is C14H22ClNO3. The third kappa shape index (κ3) is 7.38. The van der Waals surface area contributed by atoms with Crippen LogP contribution in [0.15, 0.2) is 24.3 Å². The molecule has 5 heteroatoms. The number of methoxy groups -OCH3 is 1. The number of aliphatic hydroxyl groups excluding tert-OH is 1. The van der Waals surface area contributed by atoms with Gasteiger partial charge in [0, 0.05) is 25.3 Å². The molecule has 0 fully saturated rings. The summed E-state index contributed by atoms with van der Waals surface area (Å²) < 4.78 is 10.5. The lowest BCUT2D eigenvalue weighted by molar-refractivity contribution is 0.102. The minimum atomic E-state index is -0.547. The fourth-order valence-electron chi connectivity index (χ4n) is 1.65. The molecule has 0 aliphatic heterocycles. The van der Waals surface area contributed by atoms with Gasteiger partial charge in [-0.1, -0.05) is 24.6 Å². The summed E-state index contributed by atoms with van der Waals surface area (Å²) >= 11 is 5.84. The van der Waals surface area contributed by atoms with Crippen LogP contribution in [0, 0.1) is 5.92 Å². The number of ether oxygens (including phenoxy) is 2. The average Bonchev–Trinajstić information content (AvgIpc) is 2.37. The molecule has 0 saturated heterocycles. The van der Waals surface area contributed by atoms with E-state index in [4.69, 9.17) is 21.1 Å². The number of nitrogens with one attached hydrogen (secondary N) is 1. The SMILES string of the molecule is COCC(C)CNCC(O)COc1cccc(Cl)c1. The molecule has 1 aromatic rings. The van der Waals surface area contributed by atoms with Crippen LogP contribution in [-0.2, 0) is 4.74 Å². The molecule has 0 spiro atoms. The van der Waals surface area contributed by atoms with Gasteiger partial charge in [0.1, 0.15) is 18.5 Å². The summed E-state index contributed by atoms with van der Waals surface area (Å²) in [7, 11) is 1.68. The predicted molar refractivity (Wildman–Crippen MR) is 76.9 cm³/mol. The summed E-state index contributed by atoms with van der Waals surface area (Å²) in [5, 5.41) is 13.6. The number of benzene rings is 1. The van der Waals surface area contributed by atoms with E-state index in [1.54, 1.807) is 19.2 Å². The van der Waals surface area contributed by atoms with Crippen LogP contribution in [-0.4, -0.2) is 44.6 Å². The first-order valence-electron chi connectivity index (χ1n) is 6.38. The molecule has 0 heterocycles. The summed E-state index contributed by atoms with van der Waals surface area (Å²) in [6.07, 6.45) is -0.547. The molecule has 0 bridgehead atoms. The van der Waals surface area contributed by atoms with Crippen LogP contribution in [0.5, 0.6) is 5.75 Å². The smallest absolute Gasteiger partial charge is 0.120 e. The van der Waals surface area contributed by atoms with Gasteiger partial charge in [-0.25, -0.2) is 0 Å². The van der Waals surface area contributed by atoms with Crippen LogP contribution in [0.3, 0.4) is 0 Å². The molecule has 0 saturated carbocycles. The fourth-order valence-corrected chi connectivity index (χ4v) is 1.83. The van der Waals surface area contributed by atoms with E-state index < -0.39 is 6.10 Å². The van der Waals surface area contributed by atoms with Crippen LogP contribution in [0.25, 0.3) is 0 Å². The van der Waals surface area contributed by atoms with Crippen LogP contribution >= 0.6 is 11.6 Å². The average molecular weight is 288 g/mol. The van der Waals surface area contributed by atoms with Crippen LogP contribution in [0.4, 0.5) is 0 Å². The summed E-state index contributed by atoms with van der Waals surface area (Å²) in [6.45, 7) is 4.34.